The second kappa shape index (κ2) is 4.48. The maximum atomic E-state index is 13.7. The highest BCUT2D eigenvalue weighted by Gasteiger charge is 2.45. The van der Waals surface area contributed by atoms with Crippen LogP contribution in [0.25, 0.3) is 11.2 Å². The van der Waals surface area contributed by atoms with Gasteiger partial charge in [0, 0.05) is 0 Å². The van der Waals surface area contributed by atoms with Crippen molar-refractivity contribution in [3.05, 3.63) is 18.3 Å². The maximum Gasteiger partial charge on any atom is 0.166 e. The molecule has 2 aromatic heterocycles. The second-order valence-corrected chi connectivity index (χ2v) is 4.47. The molecule has 0 amide bonds. The number of alkyl halides is 1. The van der Waals surface area contributed by atoms with Crippen LogP contribution in [-0.4, -0.2) is 54.7 Å². The predicted octanol–water partition coefficient (Wildman–Crippen LogP) is -0.277. The van der Waals surface area contributed by atoms with Crippen molar-refractivity contribution in [2.45, 2.75) is 31.5 Å². The van der Waals surface area contributed by atoms with Gasteiger partial charge in [-0.1, -0.05) is 0 Å². The Morgan fingerprint density at radius 3 is 2.89 bits per heavy atom. The Kier molecular flexibility index (Phi) is 2.92. The number of aliphatic hydroxyl groups is 2. The number of aliphatic hydroxyl groups excluding tert-OH is 2. The molecule has 2 N–H and O–H groups in total. The summed E-state index contributed by atoms with van der Waals surface area (Å²) in [5, 5.41) is 18.9. The Bertz CT molecular complexity index is 605. The van der Waals surface area contributed by atoms with Crippen LogP contribution in [0.2, 0.25) is 0 Å². The van der Waals surface area contributed by atoms with Crippen LogP contribution in [0.15, 0.2) is 12.7 Å². The van der Waals surface area contributed by atoms with Gasteiger partial charge in [0.2, 0.25) is 0 Å². The van der Waals surface area contributed by atoms with Crippen LogP contribution >= 0.6 is 0 Å². The van der Waals surface area contributed by atoms with Gasteiger partial charge in [-0.15, -0.1) is 0 Å². The molecule has 3 rings (SSSR count). The fourth-order valence-electron chi connectivity index (χ4n) is 2.24. The lowest BCUT2D eigenvalue weighted by Gasteiger charge is -2.15. The average Bonchev–Trinajstić information content (AvgIpc) is 2.94. The lowest BCUT2D eigenvalue weighted by molar-refractivity contribution is -0.0495. The molecule has 2 aromatic rings. The largest absolute Gasteiger partial charge is 0.394 e. The molecule has 1 aliphatic rings. The molecule has 1 saturated heterocycles. The van der Waals surface area contributed by atoms with Crippen LogP contribution in [-0.2, 0) is 4.74 Å². The van der Waals surface area contributed by atoms with Gasteiger partial charge in [-0.2, -0.15) is 0 Å². The first kappa shape index (κ1) is 12.4. The van der Waals surface area contributed by atoms with Crippen LogP contribution < -0.4 is 0 Å². The molecule has 0 aliphatic carbocycles. The summed E-state index contributed by atoms with van der Waals surface area (Å²) in [5.74, 6) is 0. The number of hydrogen-bond donors (Lipinski definition) is 2. The number of nitrogens with zero attached hydrogens (tertiary/aromatic N) is 4. The second-order valence-electron chi connectivity index (χ2n) is 4.47. The number of hydrogen-bond acceptors (Lipinski definition) is 6. The van der Waals surface area contributed by atoms with Gasteiger partial charge in [-0.3, -0.25) is 4.57 Å². The summed E-state index contributed by atoms with van der Waals surface area (Å²) in [6, 6.07) is 0. The Morgan fingerprint density at radius 2 is 2.21 bits per heavy atom. The number of rotatable bonds is 2. The third-order valence-corrected chi connectivity index (χ3v) is 3.28. The van der Waals surface area contributed by atoms with Gasteiger partial charge < -0.3 is 14.9 Å². The SMILES string of the molecule is Cc1ncnc2c1ncn2C1OC(CO)[C@H](F)C1O. The van der Waals surface area contributed by atoms with Crippen LogP contribution in [0, 0.1) is 6.92 Å². The highest BCUT2D eigenvalue weighted by Crippen LogP contribution is 2.32. The van der Waals surface area contributed by atoms with E-state index in [9.17, 15) is 9.50 Å². The first-order valence-corrected chi connectivity index (χ1v) is 5.86. The summed E-state index contributed by atoms with van der Waals surface area (Å²) in [7, 11) is 0. The first-order valence-electron chi connectivity index (χ1n) is 5.86. The van der Waals surface area contributed by atoms with Gasteiger partial charge in [0.15, 0.2) is 18.0 Å². The standard InChI is InChI=1S/C11H13FN4O3/c1-5-8-10(14-3-13-5)16(4-15-8)11-9(18)7(12)6(2-17)19-11/h3-4,6-7,9,11,17-18H,2H2,1H3/t6?,7-,9?,11?/m0/s1. The summed E-state index contributed by atoms with van der Waals surface area (Å²) in [6.07, 6.45) is -2.22. The smallest absolute Gasteiger partial charge is 0.166 e. The van der Waals surface area contributed by atoms with E-state index in [2.05, 4.69) is 15.0 Å². The number of aromatic nitrogens is 4. The number of imidazole rings is 1. The minimum Gasteiger partial charge on any atom is -0.394 e. The summed E-state index contributed by atoms with van der Waals surface area (Å²) < 4.78 is 20.5. The number of ether oxygens (including phenoxy) is 1. The van der Waals surface area contributed by atoms with Crippen LogP contribution in [0.1, 0.15) is 11.9 Å². The predicted molar refractivity (Wildman–Crippen MR) is 62.0 cm³/mol. The van der Waals surface area contributed by atoms with E-state index in [0.717, 1.165) is 0 Å². The van der Waals surface area contributed by atoms with Gasteiger partial charge in [0.1, 0.15) is 24.1 Å². The Morgan fingerprint density at radius 1 is 1.42 bits per heavy atom. The lowest BCUT2D eigenvalue weighted by Crippen LogP contribution is -2.29. The van der Waals surface area contributed by atoms with Crippen LogP contribution in [0.3, 0.4) is 0 Å². The van der Waals surface area contributed by atoms with Crippen molar-refractivity contribution < 1.29 is 19.3 Å². The molecule has 8 heteroatoms. The Balaban J connectivity index is 2.04. The molecule has 7 nitrogen and oxygen atoms in total. The molecule has 3 unspecified atom stereocenters. The van der Waals surface area contributed by atoms with Gasteiger partial charge >= 0.3 is 0 Å². The molecule has 0 radical (unpaired) electrons. The van der Waals surface area contributed by atoms with E-state index < -0.39 is 31.2 Å². The van der Waals surface area contributed by atoms with Crippen LogP contribution in [0.5, 0.6) is 0 Å². The summed E-state index contributed by atoms with van der Waals surface area (Å²) in [5.41, 5.74) is 1.72. The molecule has 1 fully saturated rings. The molecule has 4 atom stereocenters. The van der Waals surface area contributed by atoms with Crippen molar-refractivity contribution in [1.29, 1.82) is 0 Å². The first-order chi connectivity index (χ1) is 9.13. The average molecular weight is 268 g/mol. The molecule has 3 heterocycles. The molecule has 19 heavy (non-hydrogen) atoms. The molecule has 0 bridgehead atoms. The van der Waals surface area contributed by atoms with Gasteiger partial charge in [0.25, 0.3) is 0 Å². The van der Waals surface area contributed by atoms with E-state index in [-0.39, 0.29) is 0 Å². The lowest BCUT2D eigenvalue weighted by atomic mass is 10.1. The van der Waals surface area contributed by atoms with Gasteiger partial charge in [-0.25, -0.2) is 19.3 Å². The van der Waals surface area contributed by atoms with Crippen molar-refractivity contribution in [3.8, 4) is 0 Å². The van der Waals surface area contributed by atoms with Gasteiger partial charge in [-0.05, 0) is 6.92 Å². The van der Waals surface area contributed by atoms with E-state index in [0.29, 0.717) is 16.9 Å². The summed E-state index contributed by atoms with van der Waals surface area (Å²) in [6.45, 7) is 1.29. The van der Waals surface area contributed by atoms with Crippen molar-refractivity contribution >= 4 is 11.2 Å². The van der Waals surface area contributed by atoms with E-state index in [1.807, 2.05) is 0 Å². The highest BCUT2D eigenvalue weighted by molar-refractivity contribution is 5.72. The highest BCUT2D eigenvalue weighted by atomic mass is 19.1. The van der Waals surface area contributed by atoms with Crippen molar-refractivity contribution in [3.63, 3.8) is 0 Å². The monoisotopic (exact) mass is 268 g/mol. The minimum atomic E-state index is -1.64. The molecule has 102 valence electrons. The van der Waals surface area contributed by atoms with E-state index in [4.69, 9.17) is 9.84 Å². The van der Waals surface area contributed by atoms with Crippen molar-refractivity contribution in [2.75, 3.05) is 6.61 Å². The number of fused-ring (bicyclic) bond motifs is 1. The third kappa shape index (κ3) is 1.79. The zero-order valence-corrected chi connectivity index (χ0v) is 10.1. The van der Waals surface area contributed by atoms with Crippen molar-refractivity contribution in [2.24, 2.45) is 0 Å². The zero-order chi connectivity index (χ0) is 13.6. The third-order valence-electron chi connectivity index (χ3n) is 3.28. The minimum absolute atomic E-state index is 0.460. The number of aryl methyl sites for hydroxylation is 1. The Hall–Kier alpha value is -1.64. The quantitative estimate of drug-likeness (QED) is 0.778. The van der Waals surface area contributed by atoms with E-state index in [1.165, 1.54) is 17.2 Å². The fraction of sp³-hybridized carbons (Fsp3) is 0.545. The summed E-state index contributed by atoms with van der Waals surface area (Å²) in [4.78, 5) is 12.2. The normalized spacial score (nSPS) is 31.2. The number of halogens is 1. The van der Waals surface area contributed by atoms with E-state index >= 15 is 0 Å². The molecule has 0 aromatic carbocycles. The van der Waals surface area contributed by atoms with Crippen LogP contribution in [0.4, 0.5) is 4.39 Å². The topological polar surface area (TPSA) is 93.3 Å². The molecular weight excluding hydrogens is 255 g/mol. The maximum absolute atomic E-state index is 13.7. The molecule has 0 saturated carbocycles. The van der Waals surface area contributed by atoms with Crippen molar-refractivity contribution in [1.82, 2.24) is 19.5 Å². The molecular formula is C11H13FN4O3. The molecule has 1 aliphatic heterocycles. The zero-order valence-electron chi connectivity index (χ0n) is 10.1. The fourth-order valence-corrected chi connectivity index (χ4v) is 2.24. The Labute approximate surface area is 107 Å². The van der Waals surface area contributed by atoms with E-state index in [1.54, 1.807) is 6.92 Å². The molecule has 0 spiro atoms. The summed E-state index contributed by atoms with van der Waals surface area (Å²) >= 11 is 0. The van der Waals surface area contributed by atoms with Gasteiger partial charge in [0.05, 0.1) is 18.6 Å².